The molecule has 2 aromatic carbocycles. The summed E-state index contributed by atoms with van der Waals surface area (Å²) >= 11 is 0. The summed E-state index contributed by atoms with van der Waals surface area (Å²) in [6.07, 6.45) is 8.47. The van der Waals surface area contributed by atoms with Crippen molar-refractivity contribution in [2.75, 3.05) is 26.2 Å². The maximum atomic E-state index is 13.0. The van der Waals surface area contributed by atoms with E-state index < -0.39 is 5.54 Å². The standard InChI is InChI=1S/C26H28N4O2/c27-23-4-2-1-3-21-17-20(9-10-22(21)23)18-5-7-19(8-6-18)24(31)29-13-15-30(16-14-29)25(32)26(28)11-12-26/h1-3,5-10,17H,4,11-16,27-28H2. The van der Waals surface area contributed by atoms with Crippen LogP contribution in [0.2, 0.25) is 0 Å². The lowest BCUT2D eigenvalue weighted by atomic mass is 10.0. The first-order chi connectivity index (χ1) is 15.4. The lowest BCUT2D eigenvalue weighted by Gasteiger charge is -2.36. The zero-order valence-electron chi connectivity index (χ0n) is 18.1. The molecule has 0 spiro atoms. The average molecular weight is 429 g/mol. The van der Waals surface area contributed by atoms with Crippen LogP contribution in [0.3, 0.4) is 0 Å². The van der Waals surface area contributed by atoms with E-state index in [1.54, 1.807) is 4.90 Å². The molecular formula is C26H28N4O2. The molecule has 2 amide bonds. The van der Waals surface area contributed by atoms with E-state index in [1.165, 1.54) is 0 Å². The van der Waals surface area contributed by atoms with Crippen molar-refractivity contribution in [2.24, 2.45) is 11.5 Å². The fourth-order valence-corrected chi connectivity index (χ4v) is 4.41. The third-order valence-electron chi connectivity index (χ3n) is 6.68. The molecule has 32 heavy (non-hydrogen) atoms. The zero-order valence-corrected chi connectivity index (χ0v) is 18.1. The molecule has 6 nitrogen and oxygen atoms in total. The number of nitrogens with two attached hydrogens (primary N) is 2. The third kappa shape index (κ3) is 3.82. The van der Waals surface area contributed by atoms with Gasteiger partial charge in [-0.1, -0.05) is 42.5 Å². The minimum Gasteiger partial charge on any atom is -0.401 e. The number of rotatable bonds is 3. The van der Waals surface area contributed by atoms with E-state index in [-0.39, 0.29) is 11.8 Å². The highest BCUT2D eigenvalue weighted by atomic mass is 16.2. The number of nitrogens with zero attached hydrogens (tertiary/aromatic N) is 2. The molecule has 3 aliphatic rings. The Morgan fingerprint density at radius 3 is 2.22 bits per heavy atom. The van der Waals surface area contributed by atoms with Gasteiger partial charge in [0.1, 0.15) is 0 Å². The highest BCUT2D eigenvalue weighted by Crippen LogP contribution is 2.34. The molecule has 2 aromatic rings. The number of carbonyl (C=O) groups is 2. The minimum absolute atomic E-state index is 0.000283. The van der Waals surface area contributed by atoms with Gasteiger partial charge in [0.15, 0.2) is 0 Å². The monoisotopic (exact) mass is 428 g/mol. The summed E-state index contributed by atoms with van der Waals surface area (Å²) in [6, 6.07) is 14.0. The van der Waals surface area contributed by atoms with Crippen LogP contribution in [-0.4, -0.2) is 53.3 Å². The number of benzene rings is 2. The molecule has 1 saturated carbocycles. The van der Waals surface area contributed by atoms with Crippen molar-refractivity contribution in [1.82, 2.24) is 9.80 Å². The summed E-state index contributed by atoms with van der Waals surface area (Å²) in [4.78, 5) is 29.0. The van der Waals surface area contributed by atoms with E-state index >= 15 is 0 Å². The fraction of sp³-hybridized carbons (Fsp3) is 0.308. The molecule has 0 atom stereocenters. The molecule has 1 saturated heterocycles. The van der Waals surface area contributed by atoms with Crippen LogP contribution in [-0.2, 0) is 4.79 Å². The quantitative estimate of drug-likeness (QED) is 0.761. The van der Waals surface area contributed by atoms with Crippen LogP contribution in [0.25, 0.3) is 22.9 Å². The molecule has 5 rings (SSSR count). The molecule has 6 heteroatoms. The second-order valence-corrected chi connectivity index (χ2v) is 8.94. The van der Waals surface area contributed by atoms with Crippen molar-refractivity contribution >= 4 is 23.6 Å². The van der Waals surface area contributed by atoms with Gasteiger partial charge in [-0.2, -0.15) is 0 Å². The fourth-order valence-electron chi connectivity index (χ4n) is 4.41. The summed E-state index contributed by atoms with van der Waals surface area (Å²) in [5.41, 5.74) is 15.3. The number of fused-ring (bicyclic) bond motifs is 1. The molecule has 1 aliphatic heterocycles. The molecule has 0 aromatic heterocycles. The number of piperazine rings is 1. The van der Waals surface area contributed by atoms with Crippen LogP contribution in [0.15, 0.2) is 54.6 Å². The van der Waals surface area contributed by atoms with E-state index in [0.29, 0.717) is 31.7 Å². The predicted octanol–water partition coefficient (Wildman–Crippen LogP) is 0.937. The first-order valence-corrected chi connectivity index (χ1v) is 11.2. The van der Waals surface area contributed by atoms with Crippen LogP contribution < -0.4 is 21.9 Å². The second kappa shape index (κ2) is 7.95. The largest absolute Gasteiger partial charge is 0.401 e. The number of carbonyl (C=O) groups excluding carboxylic acids is 2. The van der Waals surface area contributed by atoms with Crippen molar-refractivity contribution in [3.63, 3.8) is 0 Å². The van der Waals surface area contributed by atoms with Crippen molar-refractivity contribution in [3.8, 4) is 11.1 Å². The van der Waals surface area contributed by atoms with Gasteiger partial charge >= 0.3 is 0 Å². The van der Waals surface area contributed by atoms with Crippen molar-refractivity contribution in [3.05, 3.63) is 70.6 Å². The topological polar surface area (TPSA) is 92.7 Å². The second-order valence-electron chi connectivity index (χ2n) is 8.94. The first kappa shape index (κ1) is 20.5. The number of allylic oxidation sites excluding steroid dienone is 1. The Morgan fingerprint density at radius 1 is 0.875 bits per heavy atom. The first-order valence-electron chi connectivity index (χ1n) is 11.2. The van der Waals surface area contributed by atoms with Gasteiger partial charge in [0.25, 0.3) is 5.91 Å². The summed E-state index contributed by atoms with van der Waals surface area (Å²) < 4.78 is 0. The summed E-state index contributed by atoms with van der Waals surface area (Å²) in [5, 5.41) is 2.18. The average Bonchev–Trinajstić information content (AvgIpc) is 3.61. The normalized spacial score (nSPS) is 19.1. The molecule has 2 aliphatic carbocycles. The van der Waals surface area contributed by atoms with E-state index in [4.69, 9.17) is 11.5 Å². The van der Waals surface area contributed by atoms with Crippen LogP contribution in [0.5, 0.6) is 0 Å². The molecule has 0 bridgehead atoms. The Labute approximate surface area is 187 Å². The van der Waals surface area contributed by atoms with Gasteiger partial charge in [-0.05, 0) is 47.4 Å². The Morgan fingerprint density at radius 2 is 1.53 bits per heavy atom. The van der Waals surface area contributed by atoms with Gasteiger partial charge in [0, 0.05) is 49.1 Å². The maximum Gasteiger partial charge on any atom is 0.253 e. The van der Waals surface area contributed by atoms with Crippen LogP contribution in [0.1, 0.15) is 29.6 Å². The molecule has 0 radical (unpaired) electrons. The van der Waals surface area contributed by atoms with Crippen molar-refractivity contribution in [2.45, 2.75) is 24.8 Å². The molecule has 0 unspecified atom stereocenters. The minimum atomic E-state index is -0.643. The number of hydrogen-bond donors (Lipinski definition) is 2. The van der Waals surface area contributed by atoms with Gasteiger partial charge in [0.2, 0.25) is 5.91 Å². The predicted molar refractivity (Wildman–Crippen MR) is 126 cm³/mol. The Balaban J connectivity index is 1.28. The highest BCUT2D eigenvalue weighted by Gasteiger charge is 2.48. The van der Waals surface area contributed by atoms with Crippen molar-refractivity contribution in [1.29, 1.82) is 0 Å². The molecule has 4 N–H and O–H groups in total. The lowest BCUT2D eigenvalue weighted by molar-refractivity contribution is -0.135. The number of amides is 2. The van der Waals surface area contributed by atoms with E-state index in [9.17, 15) is 9.59 Å². The van der Waals surface area contributed by atoms with Crippen LogP contribution >= 0.6 is 0 Å². The van der Waals surface area contributed by atoms with E-state index in [1.807, 2.05) is 35.2 Å². The van der Waals surface area contributed by atoms with Gasteiger partial charge in [-0.25, -0.2) is 0 Å². The Hall–Kier alpha value is -3.38. The van der Waals surface area contributed by atoms with E-state index in [0.717, 1.165) is 46.5 Å². The van der Waals surface area contributed by atoms with Crippen LogP contribution in [0, 0.1) is 0 Å². The molecular weight excluding hydrogens is 400 g/mol. The SMILES string of the molecule is NC1=c2ccc(-c3ccc(C(=O)N4CCN(C(=O)C5(N)CC5)CC4)cc3)cc2=CC=CC1. The van der Waals surface area contributed by atoms with Crippen molar-refractivity contribution < 1.29 is 9.59 Å². The summed E-state index contributed by atoms with van der Waals surface area (Å²) in [7, 11) is 0. The maximum absolute atomic E-state index is 13.0. The molecule has 2 fully saturated rings. The van der Waals surface area contributed by atoms with E-state index in [2.05, 4.69) is 30.4 Å². The Bertz CT molecular complexity index is 1220. The highest BCUT2D eigenvalue weighted by molar-refractivity contribution is 5.95. The van der Waals surface area contributed by atoms with Gasteiger partial charge < -0.3 is 21.3 Å². The lowest BCUT2D eigenvalue weighted by Crippen LogP contribution is -2.55. The Kier molecular flexibility index (Phi) is 5.10. The van der Waals surface area contributed by atoms with Gasteiger partial charge in [-0.15, -0.1) is 0 Å². The zero-order chi connectivity index (χ0) is 22.3. The summed E-state index contributed by atoms with van der Waals surface area (Å²) in [6.45, 7) is 2.16. The molecule has 1 heterocycles. The molecule has 164 valence electrons. The summed E-state index contributed by atoms with van der Waals surface area (Å²) in [5.74, 6) is 0.0297. The third-order valence-corrected chi connectivity index (χ3v) is 6.68. The van der Waals surface area contributed by atoms with Gasteiger partial charge in [-0.3, -0.25) is 9.59 Å². The number of hydrogen-bond acceptors (Lipinski definition) is 4. The van der Waals surface area contributed by atoms with Crippen LogP contribution in [0.4, 0.5) is 0 Å². The smallest absolute Gasteiger partial charge is 0.253 e. The van der Waals surface area contributed by atoms with Gasteiger partial charge in [0.05, 0.1) is 5.54 Å².